The second kappa shape index (κ2) is 7.89. The Morgan fingerprint density at radius 1 is 0.964 bits per heavy atom. The van der Waals surface area contributed by atoms with Crippen LogP contribution in [0.5, 0.6) is 5.75 Å². The van der Waals surface area contributed by atoms with Gasteiger partial charge in [-0.2, -0.15) is 0 Å². The molecular weight excluding hydrogens is 346 g/mol. The first-order valence-corrected chi connectivity index (χ1v) is 8.82. The molecule has 3 nitrogen and oxygen atoms in total. The average molecular weight is 381 g/mol. The van der Waals surface area contributed by atoms with Crippen LogP contribution in [-0.4, -0.2) is 17.5 Å². The molecule has 4 aromatic rings. The maximum Gasteiger partial charge on any atom is 0.195 e. The Kier molecular flexibility index (Phi) is 2.95. The summed E-state index contributed by atoms with van der Waals surface area (Å²) in [4.78, 5) is 13.8. The van der Waals surface area contributed by atoms with Crippen molar-refractivity contribution in [2.24, 2.45) is 0 Å². The maximum absolute atomic E-state index is 13.8. The Morgan fingerprint density at radius 3 is 2.50 bits per heavy atom. The molecule has 0 amide bonds. The van der Waals surface area contributed by atoms with Gasteiger partial charge < -0.3 is 9.30 Å². The highest BCUT2D eigenvalue weighted by atomic mass is 16.5. The van der Waals surface area contributed by atoms with E-state index in [2.05, 4.69) is 0 Å². The summed E-state index contributed by atoms with van der Waals surface area (Å²) in [5, 5.41) is 1.92. The Balaban J connectivity index is 1.82. The van der Waals surface area contributed by atoms with Gasteiger partial charge in [0, 0.05) is 52.5 Å². The molecule has 142 valence electrons. The summed E-state index contributed by atoms with van der Waals surface area (Å²) < 4.78 is 77.9. The molecule has 1 heterocycles. The zero-order valence-electron chi connectivity index (χ0n) is 24.3. The third-order valence-corrected chi connectivity index (χ3v) is 4.78. The largest absolute Gasteiger partial charge is 0.496 e. The normalized spacial score (nSPS) is 18.0. The Labute approximate surface area is 178 Å². The number of ketones is 1. The molecule has 28 heavy (non-hydrogen) atoms. The predicted octanol–water partition coefficient (Wildman–Crippen LogP) is 6.22. The van der Waals surface area contributed by atoms with Crippen LogP contribution in [0.2, 0.25) is 0 Å². The minimum atomic E-state index is -3.47. The lowest BCUT2D eigenvalue weighted by Crippen LogP contribution is -2.03. The molecule has 0 radical (unpaired) electrons. The van der Waals surface area contributed by atoms with E-state index in [1.54, 1.807) is 48.5 Å². The number of rotatable bonds is 7. The smallest absolute Gasteiger partial charge is 0.195 e. The number of hydrogen-bond acceptors (Lipinski definition) is 2. The summed E-state index contributed by atoms with van der Waals surface area (Å²) >= 11 is 0. The van der Waals surface area contributed by atoms with Gasteiger partial charge in [0.1, 0.15) is 5.75 Å². The van der Waals surface area contributed by atoms with Crippen LogP contribution in [0.1, 0.15) is 54.2 Å². The number of ether oxygens (including phenoxy) is 1. The van der Waals surface area contributed by atoms with E-state index in [0.717, 1.165) is 5.39 Å². The molecule has 0 unspecified atom stereocenters. The number of carbonyl (C=O) groups excluding carboxylic acids is 1. The molecule has 0 aliphatic rings. The molecule has 0 spiro atoms. The van der Waals surface area contributed by atoms with Gasteiger partial charge in [0.25, 0.3) is 0 Å². The van der Waals surface area contributed by atoms with Gasteiger partial charge in [0.05, 0.1) is 7.11 Å². The van der Waals surface area contributed by atoms with Crippen LogP contribution in [0.25, 0.3) is 21.7 Å². The van der Waals surface area contributed by atoms with Crippen molar-refractivity contribution in [3.63, 3.8) is 0 Å². The Bertz CT molecular complexity index is 1490. The topological polar surface area (TPSA) is 31.2 Å². The van der Waals surface area contributed by atoms with Gasteiger partial charge in [-0.1, -0.05) is 62.1 Å². The van der Waals surface area contributed by atoms with Crippen molar-refractivity contribution in [1.29, 1.82) is 0 Å². The summed E-state index contributed by atoms with van der Waals surface area (Å²) in [5.74, 6) is 0.267. The molecule has 3 aromatic carbocycles. The summed E-state index contributed by atoms with van der Waals surface area (Å²) in [6.45, 7) is -4.11. The highest BCUT2D eigenvalue weighted by molar-refractivity contribution is 6.21. The van der Waals surface area contributed by atoms with Crippen molar-refractivity contribution in [1.82, 2.24) is 4.57 Å². The third-order valence-electron chi connectivity index (χ3n) is 4.78. The van der Waals surface area contributed by atoms with Crippen LogP contribution >= 0.6 is 0 Å². The van der Waals surface area contributed by atoms with Crippen molar-refractivity contribution < 1.29 is 21.9 Å². The highest BCUT2D eigenvalue weighted by Gasteiger charge is 2.19. The molecule has 0 saturated heterocycles. The monoisotopic (exact) mass is 380 g/mol. The summed E-state index contributed by atoms with van der Waals surface area (Å²) in [5.41, 5.74) is 1.08. The van der Waals surface area contributed by atoms with Crippen LogP contribution in [0.3, 0.4) is 0 Å². The van der Waals surface area contributed by atoms with E-state index in [0.29, 0.717) is 27.6 Å². The number of methoxy groups -OCH3 is 1. The molecule has 0 N–H and O–H groups in total. The second-order valence-corrected chi connectivity index (χ2v) is 6.30. The number of para-hydroxylation sites is 1. The minimum absolute atomic E-state index is 0.251. The molecule has 0 aliphatic carbocycles. The lowest BCUT2D eigenvalue weighted by Gasteiger charge is -2.09. The number of benzene rings is 3. The lowest BCUT2D eigenvalue weighted by atomic mass is 9.96. The minimum Gasteiger partial charge on any atom is -0.496 e. The van der Waals surface area contributed by atoms with Crippen molar-refractivity contribution >= 4 is 27.5 Å². The van der Waals surface area contributed by atoms with Gasteiger partial charge in [-0.15, -0.1) is 0 Å². The first-order chi connectivity index (χ1) is 17.1. The van der Waals surface area contributed by atoms with Crippen molar-refractivity contribution in [2.45, 2.75) is 32.5 Å². The molecule has 1 aromatic heterocycles. The van der Waals surface area contributed by atoms with E-state index in [1.807, 2.05) is 12.1 Å². The SMILES string of the molecule is [2H]C([2H])([2H])C([2H])([2H])C([2H])([2H])C([2H])([2H])Cn1cc(C(=O)c2ccc(OC)c3ccccc23)c2ccccc21. The highest BCUT2D eigenvalue weighted by Crippen LogP contribution is 2.31. The van der Waals surface area contributed by atoms with Gasteiger partial charge >= 0.3 is 0 Å². The van der Waals surface area contributed by atoms with Gasteiger partial charge in [0.2, 0.25) is 0 Å². The average Bonchev–Trinajstić information content (AvgIpc) is 3.19. The fraction of sp³-hybridized carbons (Fsp3) is 0.240. The molecule has 4 rings (SSSR count). The standard InChI is InChI=1S/C25H25NO2/c1-3-4-9-16-26-17-22(19-11-7-8-13-23(19)26)25(27)21-14-15-24(28-2)20-12-6-5-10-18(20)21/h5-8,10-15,17H,3-4,9,16H2,1-2H3/i1D3,3D2,4D2,9D2. The van der Waals surface area contributed by atoms with E-state index in [9.17, 15) is 4.79 Å². The molecule has 0 bridgehead atoms. The zero-order chi connectivity index (χ0) is 27.4. The number of hydrogen-bond donors (Lipinski definition) is 0. The van der Waals surface area contributed by atoms with E-state index < -0.39 is 32.5 Å². The quantitative estimate of drug-likeness (QED) is 0.356. The van der Waals surface area contributed by atoms with Crippen molar-refractivity contribution in [3.8, 4) is 5.75 Å². The van der Waals surface area contributed by atoms with Crippen molar-refractivity contribution in [3.05, 3.63) is 78.0 Å². The fourth-order valence-electron chi connectivity index (χ4n) is 3.52. The molecule has 0 saturated carbocycles. The van der Waals surface area contributed by atoms with Gasteiger partial charge in [-0.25, -0.2) is 0 Å². The number of fused-ring (bicyclic) bond motifs is 2. The predicted molar refractivity (Wildman–Crippen MR) is 115 cm³/mol. The molecule has 3 heteroatoms. The number of aryl methyl sites for hydroxylation is 1. The Hall–Kier alpha value is -3.07. The number of carbonyl (C=O) groups is 1. The van der Waals surface area contributed by atoms with Crippen LogP contribution in [0, 0.1) is 0 Å². The van der Waals surface area contributed by atoms with E-state index in [-0.39, 0.29) is 11.3 Å². The molecule has 0 aliphatic heterocycles. The first kappa shape index (κ1) is 10.5. The van der Waals surface area contributed by atoms with Crippen molar-refractivity contribution in [2.75, 3.05) is 7.11 Å². The zero-order valence-corrected chi connectivity index (χ0v) is 15.3. The molecule has 0 fully saturated rings. The second-order valence-electron chi connectivity index (χ2n) is 6.30. The van der Waals surface area contributed by atoms with E-state index in [1.165, 1.54) is 17.9 Å². The van der Waals surface area contributed by atoms with E-state index >= 15 is 0 Å². The summed E-state index contributed by atoms with van der Waals surface area (Å²) in [7, 11) is 1.54. The number of aromatic nitrogens is 1. The molecular formula is C25H25NO2. The summed E-state index contributed by atoms with van der Waals surface area (Å²) in [6.07, 6.45) is -8.38. The van der Waals surface area contributed by atoms with Gasteiger partial charge in [-0.05, 0) is 30.0 Å². The van der Waals surface area contributed by atoms with Crippen LogP contribution in [-0.2, 0) is 6.54 Å². The lowest BCUT2D eigenvalue weighted by molar-refractivity contribution is 0.104. The third kappa shape index (κ3) is 3.18. The molecule has 0 atom stereocenters. The van der Waals surface area contributed by atoms with Crippen LogP contribution in [0.4, 0.5) is 0 Å². The number of nitrogens with zero attached hydrogens (tertiary/aromatic N) is 1. The van der Waals surface area contributed by atoms with Gasteiger partial charge in [0.15, 0.2) is 5.78 Å². The summed E-state index contributed by atoms with van der Waals surface area (Å²) in [6, 6.07) is 17.4. The van der Waals surface area contributed by atoms with Crippen LogP contribution < -0.4 is 4.74 Å². The first-order valence-electron chi connectivity index (χ1n) is 13.3. The van der Waals surface area contributed by atoms with Crippen LogP contribution in [0.15, 0.2) is 66.9 Å². The van der Waals surface area contributed by atoms with E-state index in [4.69, 9.17) is 17.1 Å². The maximum atomic E-state index is 13.8. The van der Waals surface area contributed by atoms with Gasteiger partial charge in [-0.3, -0.25) is 4.79 Å². The fourth-order valence-corrected chi connectivity index (χ4v) is 3.52. The Morgan fingerprint density at radius 2 is 1.71 bits per heavy atom.